The number of ketones is 1. The Kier molecular flexibility index (Phi) is 24.8. The zero-order valence-corrected chi connectivity index (χ0v) is 7.33. The van der Waals surface area contributed by atoms with Gasteiger partial charge in [-0.25, -0.2) is 8.78 Å². The first-order chi connectivity index (χ1) is 5.00. The second-order valence-electron chi connectivity index (χ2n) is 1.57. The number of rotatable bonds is 1. The molecule has 0 aliphatic heterocycles. The summed E-state index contributed by atoms with van der Waals surface area (Å²) in [5.41, 5.74) is 0. The van der Waals surface area contributed by atoms with Crippen molar-refractivity contribution in [3.63, 3.8) is 0 Å². The van der Waals surface area contributed by atoms with E-state index in [9.17, 15) is 18.0 Å². The Morgan fingerprint density at radius 3 is 1.45 bits per heavy atom. The molecule has 0 heterocycles. The first-order valence-electron chi connectivity index (χ1n) is 3.16. The minimum atomic E-state index is -2.17. The van der Waals surface area contributed by atoms with E-state index in [0.29, 0.717) is 13.6 Å². The van der Waals surface area contributed by atoms with Crippen LogP contribution in [-0.4, -0.2) is 19.4 Å². The molecular weight excluding hydrogens is 157 g/mol. The molecule has 0 amide bonds. The molecule has 0 fully saturated rings. The Bertz CT molecular complexity index is 71.3. The molecule has 70 valence electrons. The van der Waals surface area contributed by atoms with Crippen LogP contribution in [0.15, 0.2) is 0 Å². The van der Waals surface area contributed by atoms with Crippen LogP contribution in [0.5, 0.6) is 0 Å². The minimum Gasteiger partial charge on any atom is -0.300 e. The van der Waals surface area contributed by atoms with Gasteiger partial charge in [-0.1, -0.05) is 6.92 Å². The van der Waals surface area contributed by atoms with Crippen molar-refractivity contribution in [2.45, 2.75) is 33.6 Å². The van der Waals surface area contributed by atoms with Crippen LogP contribution in [0.3, 0.4) is 0 Å². The van der Waals surface area contributed by atoms with Crippen molar-refractivity contribution in [1.29, 1.82) is 0 Å². The Morgan fingerprint density at radius 2 is 1.45 bits per heavy atom. The van der Waals surface area contributed by atoms with Gasteiger partial charge < -0.3 is 4.79 Å². The van der Waals surface area contributed by atoms with Crippen molar-refractivity contribution >= 4 is 5.78 Å². The predicted octanol–water partition coefficient (Wildman–Crippen LogP) is 2.84. The van der Waals surface area contributed by atoms with Gasteiger partial charge in [0.15, 0.2) is 0 Å². The Morgan fingerprint density at radius 1 is 1.36 bits per heavy atom. The van der Waals surface area contributed by atoms with Gasteiger partial charge >= 0.3 is 0 Å². The first kappa shape index (κ1) is 16.8. The molecule has 0 aromatic carbocycles. The summed E-state index contributed by atoms with van der Waals surface area (Å²) < 4.78 is 30.2. The fourth-order valence-corrected chi connectivity index (χ4v) is 0. The molecule has 0 aliphatic rings. The zero-order chi connectivity index (χ0) is 9.86. The number of carbonyl (C=O) groups excluding carboxylic acids is 1. The third-order valence-electron chi connectivity index (χ3n) is 0.498. The minimum absolute atomic E-state index is 0.255. The Labute approximate surface area is 65.6 Å². The van der Waals surface area contributed by atoms with Gasteiger partial charge in [0, 0.05) is 6.42 Å². The van der Waals surface area contributed by atoms with Crippen LogP contribution in [-0.2, 0) is 4.79 Å². The van der Waals surface area contributed by atoms with Crippen molar-refractivity contribution in [3.05, 3.63) is 0 Å². The van der Waals surface area contributed by atoms with Crippen LogP contribution < -0.4 is 0 Å². The van der Waals surface area contributed by atoms with Crippen molar-refractivity contribution in [1.82, 2.24) is 0 Å². The molecule has 0 aliphatic carbocycles. The molecule has 11 heavy (non-hydrogen) atoms. The third kappa shape index (κ3) is 247. The number of Topliss-reactive ketones (excluding diaryl/α,β-unsaturated/α-hetero) is 1. The number of hydrogen-bond donors (Lipinski definition) is 0. The topological polar surface area (TPSA) is 17.1 Å². The average molecular weight is 172 g/mol. The SMILES string of the molecule is CC(F)F.CCC(C)=O.CF. The molecule has 0 radical (unpaired) electrons. The summed E-state index contributed by atoms with van der Waals surface area (Å²) in [7, 11) is 0.500. The molecule has 1 nitrogen and oxygen atoms in total. The lowest BCUT2D eigenvalue weighted by Gasteiger charge is -1.71. The lowest BCUT2D eigenvalue weighted by atomic mass is 10.4. The highest BCUT2D eigenvalue weighted by atomic mass is 19.3. The van der Waals surface area contributed by atoms with E-state index in [0.717, 1.165) is 6.92 Å². The molecule has 0 saturated heterocycles. The van der Waals surface area contributed by atoms with E-state index in [1.54, 1.807) is 6.92 Å². The summed E-state index contributed by atoms with van der Waals surface area (Å²) in [5.74, 6) is 0.255. The molecule has 0 saturated carbocycles. The number of alkyl halides is 3. The standard InChI is InChI=1S/C4H8O.C2H4F2.CH3F/c1-3-4(2)5;1-2(3)4;1-2/h3H2,1-2H3;2H,1H3;1H3. The molecule has 0 N–H and O–H groups in total. The van der Waals surface area contributed by atoms with Crippen LogP contribution in [0, 0.1) is 0 Å². The predicted molar refractivity (Wildman–Crippen MR) is 39.7 cm³/mol. The van der Waals surface area contributed by atoms with Gasteiger partial charge in [-0.2, -0.15) is 0 Å². The van der Waals surface area contributed by atoms with E-state index in [4.69, 9.17) is 0 Å². The van der Waals surface area contributed by atoms with Crippen molar-refractivity contribution in [2.24, 2.45) is 0 Å². The van der Waals surface area contributed by atoms with Gasteiger partial charge in [0.25, 0.3) is 0 Å². The Balaban J connectivity index is -0.0000000965. The van der Waals surface area contributed by atoms with Crippen LogP contribution in [0.2, 0.25) is 0 Å². The second-order valence-corrected chi connectivity index (χ2v) is 1.57. The lowest BCUT2D eigenvalue weighted by molar-refractivity contribution is -0.116. The van der Waals surface area contributed by atoms with Crippen molar-refractivity contribution < 1.29 is 18.0 Å². The maximum Gasteiger partial charge on any atom is 0.235 e. The molecule has 4 heteroatoms. The zero-order valence-electron chi connectivity index (χ0n) is 7.33. The van der Waals surface area contributed by atoms with Gasteiger partial charge in [-0.3, -0.25) is 4.39 Å². The smallest absolute Gasteiger partial charge is 0.235 e. The van der Waals surface area contributed by atoms with Gasteiger partial charge in [0.05, 0.1) is 7.18 Å². The number of halogens is 3. The van der Waals surface area contributed by atoms with Crippen molar-refractivity contribution in [2.75, 3.05) is 7.18 Å². The fraction of sp³-hybridized carbons (Fsp3) is 0.857. The van der Waals surface area contributed by atoms with Gasteiger partial charge in [0.2, 0.25) is 6.43 Å². The van der Waals surface area contributed by atoms with Crippen LogP contribution in [0.1, 0.15) is 27.2 Å². The van der Waals surface area contributed by atoms with Gasteiger partial charge in [-0.15, -0.1) is 0 Å². The van der Waals surface area contributed by atoms with Gasteiger partial charge in [-0.05, 0) is 13.8 Å². The van der Waals surface area contributed by atoms with E-state index in [1.807, 2.05) is 6.92 Å². The molecule has 0 spiro atoms. The molecule has 0 unspecified atom stereocenters. The second kappa shape index (κ2) is 16.2. The lowest BCUT2D eigenvalue weighted by Crippen LogP contribution is -1.80. The normalized spacial score (nSPS) is 7.27. The number of hydrogen-bond acceptors (Lipinski definition) is 1. The fourth-order valence-electron chi connectivity index (χ4n) is 0. The summed E-state index contributed by atoms with van der Waals surface area (Å²) >= 11 is 0. The monoisotopic (exact) mass is 172 g/mol. The molecule has 0 atom stereocenters. The summed E-state index contributed by atoms with van der Waals surface area (Å²) in [6, 6.07) is 0. The van der Waals surface area contributed by atoms with Crippen LogP contribution >= 0.6 is 0 Å². The Hall–Kier alpha value is -0.540. The first-order valence-corrected chi connectivity index (χ1v) is 3.16. The largest absolute Gasteiger partial charge is 0.300 e. The van der Waals surface area contributed by atoms with E-state index in [-0.39, 0.29) is 5.78 Å². The molecular formula is C7H15F3O. The number of carbonyl (C=O) groups is 1. The van der Waals surface area contributed by atoms with E-state index < -0.39 is 6.43 Å². The summed E-state index contributed by atoms with van der Waals surface area (Å²) in [5, 5.41) is 0. The maximum absolute atomic E-state index is 10.3. The highest BCUT2D eigenvalue weighted by Gasteiger charge is 1.79. The molecule has 0 aromatic rings. The van der Waals surface area contributed by atoms with Gasteiger partial charge in [0.1, 0.15) is 5.78 Å². The quantitative estimate of drug-likeness (QED) is 0.594. The van der Waals surface area contributed by atoms with Crippen LogP contribution in [0.25, 0.3) is 0 Å². The molecule has 0 aromatic heterocycles. The molecule has 0 rings (SSSR count). The van der Waals surface area contributed by atoms with E-state index >= 15 is 0 Å². The summed E-state index contributed by atoms with van der Waals surface area (Å²) in [4.78, 5) is 9.81. The summed E-state index contributed by atoms with van der Waals surface area (Å²) in [6.07, 6.45) is -1.50. The van der Waals surface area contributed by atoms with E-state index in [2.05, 4.69) is 0 Å². The van der Waals surface area contributed by atoms with E-state index in [1.165, 1.54) is 0 Å². The average Bonchev–Trinajstić information content (AvgIpc) is 1.91. The molecule has 0 bridgehead atoms. The third-order valence-corrected chi connectivity index (χ3v) is 0.498. The van der Waals surface area contributed by atoms with Crippen LogP contribution in [0.4, 0.5) is 13.2 Å². The highest BCUT2D eigenvalue weighted by molar-refractivity contribution is 5.74. The highest BCUT2D eigenvalue weighted by Crippen LogP contribution is 1.82. The maximum atomic E-state index is 10.3. The summed E-state index contributed by atoms with van der Waals surface area (Å²) in [6.45, 7) is 4.27. The van der Waals surface area contributed by atoms with Crippen molar-refractivity contribution in [3.8, 4) is 0 Å².